The molecule has 0 aliphatic rings. The topological polar surface area (TPSA) is 77.8 Å². The van der Waals surface area contributed by atoms with Crippen molar-refractivity contribution in [3.8, 4) is 5.75 Å². The standard InChI is InChI=1S/C8H8O4/c9-6-3-1-5(2-4-6)7(10)8(11)12/h1-4,7,9-10H,(H,11,12)/i/hD. The van der Waals surface area contributed by atoms with E-state index < -0.39 is 12.1 Å². The lowest BCUT2D eigenvalue weighted by molar-refractivity contribution is -0.146. The Bertz CT molecular complexity index is 296. The van der Waals surface area contributed by atoms with Gasteiger partial charge in [0.25, 0.3) is 1.43 Å². The number of aromatic hydroxyl groups is 1. The van der Waals surface area contributed by atoms with E-state index in [9.17, 15) is 4.79 Å². The van der Waals surface area contributed by atoms with Crippen LogP contribution in [-0.2, 0) is 4.79 Å². The summed E-state index contributed by atoms with van der Waals surface area (Å²) in [6, 6.07) is 5.61. The lowest BCUT2D eigenvalue weighted by atomic mass is 10.1. The highest BCUT2D eigenvalue weighted by molar-refractivity contribution is 5.74. The van der Waals surface area contributed by atoms with E-state index in [1.54, 1.807) is 0 Å². The van der Waals surface area contributed by atoms with Crippen molar-refractivity contribution in [1.29, 1.82) is 1.43 Å². The number of carboxylic acids is 1. The van der Waals surface area contributed by atoms with Crippen LogP contribution in [0.2, 0.25) is 0 Å². The van der Waals surface area contributed by atoms with Crippen LogP contribution in [0, 0.1) is 0 Å². The Morgan fingerprint density at radius 1 is 1.42 bits per heavy atom. The Labute approximate surface area is 70.2 Å². The summed E-state index contributed by atoms with van der Waals surface area (Å²) in [5.41, 5.74) is 0.258. The summed E-state index contributed by atoms with van der Waals surface area (Å²) in [5, 5.41) is 21.6. The van der Waals surface area contributed by atoms with E-state index in [1.807, 2.05) is 0 Å². The molecule has 3 N–H and O–H groups in total. The maximum atomic E-state index is 10.3. The molecule has 0 saturated heterocycles. The van der Waals surface area contributed by atoms with Gasteiger partial charge in [0.05, 0.1) is 0 Å². The van der Waals surface area contributed by atoms with Gasteiger partial charge in [0.15, 0.2) is 6.10 Å². The number of aliphatic carboxylic acids is 1. The number of carbonyl (C=O) groups is 1. The number of phenols is 1. The maximum absolute atomic E-state index is 10.3. The van der Waals surface area contributed by atoms with Crippen LogP contribution in [0.3, 0.4) is 0 Å². The van der Waals surface area contributed by atoms with E-state index in [0.717, 1.165) is 0 Å². The summed E-state index contributed by atoms with van der Waals surface area (Å²) in [5.74, 6) is -1.01. The second-order valence-electron chi connectivity index (χ2n) is 2.31. The molecule has 0 aliphatic carbocycles. The fraction of sp³-hybridized carbons (Fsp3) is 0.125. The number of carboxylic acid groups (broad SMARTS) is 1. The summed E-state index contributed by atoms with van der Waals surface area (Å²) < 4.78 is 6.53. The Kier molecular flexibility index (Phi) is 1.92. The molecular weight excluding hydrogens is 160 g/mol. The van der Waals surface area contributed by atoms with Gasteiger partial charge in [0, 0.05) is 0 Å². The quantitative estimate of drug-likeness (QED) is 0.616. The molecule has 0 spiro atoms. The highest BCUT2D eigenvalue weighted by atomic mass is 16.4. The highest BCUT2D eigenvalue weighted by Crippen LogP contribution is 2.16. The van der Waals surface area contributed by atoms with Gasteiger partial charge in [-0.15, -0.1) is 0 Å². The smallest absolute Gasteiger partial charge is 0.337 e. The molecule has 0 radical (unpaired) electrons. The SMILES string of the molecule is [2H]Oc1ccc(C(O)C(=O)O)cc1. The second kappa shape index (κ2) is 3.23. The van der Waals surface area contributed by atoms with E-state index >= 15 is 0 Å². The van der Waals surface area contributed by atoms with Crippen molar-refractivity contribution < 1.29 is 20.1 Å². The van der Waals surface area contributed by atoms with Gasteiger partial charge < -0.3 is 15.3 Å². The zero-order chi connectivity index (χ0) is 9.84. The molecule has 1 aromatic carbocycles. The van der Waals surface area contributed by atoms with E-state index in [4.69, 9.17) is 11.6 Å². The molecule has 4 nitrogen and oxygen atoms in total. The minimum atomic E-state index is -1.53. The lowest BCUT2D eigenvalue weighted by Crippen LogP contribution is -2.09. The third-order valence-electron chi connectivity index (χ3n) is 1.43. The fourth-order valence-corrected chi connectivity index (χ4v) is 0.793. The Hall–Kier alpha value is -1.55. The van der Waals surface area contributed by atoms with Crippen LogP contribution in [0.25, 0.3) is 0 Å². The number of phenolic OH excluding ortho intramolecular Hbond substituents is 1. The Balaban J connectivity index is 2.85. The normalized spacial score (nSPS) is 13.2. The first-order valence-corrected chi connectivity index (χ1v) is 3.29. The Morgan fingerprint density at radius 3 is 2.42 bits per heavy atom. The van der Waals surface area contributed by atoms with E-state index in [2.05, 4.69) is 5.11 Å². The van der Waals surface area contributed by atoms with Crippen molar-refractivity contribution in [2.24, 2.45) is 0 Å². The summed E-state index contributed by atoms with van der Waals surface area (Å²) in [6.07, 6.45) is -1.53. The molecule has 1 rings (SSSR count). The number of aliphatic hydroxyl groups excluding tert-OH is 1. The predicted molar refractivity (Wildman–Crippen MR) is 40.7 cm³/mol. The molecule has 0 heterocycles. The largest absolute Gasteiger partial charge is 0.508 e. The summed E-state index contributed by atoms with van der Waals surface area (Å²) >= 11 is 0. The van der Waals surface area contributed by atoms with Gasteiger partial charge in [0.2, 0.25) is 0 Å². The average Bonchev–Trinajstić information content (AvgIpc) is 2.17. The van der Waals surface area contributed by atoms with Crippen LogP contribution in [-0.4, -0.2) is 22.7 Å². The monoisotopic (exact) mass is 169 g/mol. The second-order valence-corrected chi connectivity index (χ2v) is 2.31. The van der Waals surface area contributed by atoms with Gasteiger partial charge in [-0.05, 0) is 17.7 Å². The lowest BCUT2D eigenvalue weighted by Gasteiger charge is -2.04. The van der Waals surface area contributed by atoms with Crippen molar-refractivity contribution in [3.05, 3.63) is 29.8 Å². The molecule has 0 aliphatic heterocycles. The summed E-state index contributed by atoms with van der Waals surface area (Å²) in [6.45, 7) is 0. The van der Waals surface area contributed by atoms with Crippen LogP contribution in [0.15, 0.2) is 24.3 Å². The number of rotatable bonds is 3. The van der Waals surface area contributed by atoms with E-state index in [0.29, 0.717) is 5.75 Å². The molecule has 0 amide bonds. The van der Waals surface area contributed by atoms with Gasteiger partial charge in [0.1, 0.15) is 5.75 Å². The maximum Gasteiger partial charge on any atom is 0.337 e. The first kappa shape index (κ1) is 7.12. The molecular formula is C8H8O4. The predicted octanol–water partition coefficient (Wildman–Crippen LogP) is 0.510. The first-order valence-electron chi connectivity index (χ1n) is 3.70. The first-order chi connectivity index (χ1) is 6.15. The minimum absolute atomic E-state index is 0.258. The van der Waals surface area contributed by atoms with Crippen molar-refractivity contribution in [3.63, 3.8) is 0 Å². The molecule has 12 heavy (non-hydrogen) atoms. The fourth-order valence-electron chi connectivity index (χ4n) is 0.793. The van der Waals surface area contributed by atoms with Crippen LogP contribution in [0.1, 0.15) is 11.7 Å². The van der Waals surface area contributed by atoms with Gasteiger partial charge in [-0.1, -0.05) is 12.1 Å². The third kappa shape index (κ3) is 1.73. The molecule has 0 bridgehead atoms. The number of benzene rings is 1. The van der Waals surface area contributed by atoms with Crippen LogP contribution in [0.4, 0.5) is 0 Å². The van der Waals surface area contributed by atoms with Crippen LogP contribution < -0.4 is 0 Å². The zero-order valence-electron chi connectivity index (χ0n) is 7.10. The minimum Gasteiger partial charge on any atom is -0.508 e. The molecule has 64 valence electrons. The van der Waals surface area contributed by atoms with Crippen molar-refractivity contribution >= 4 is 5.97 Å². The third-order valence-corrected chi connectivity index (χ3v) is 1.43. The molecule has 0 fully saturated rings. The number of hydrogen-bond acceptors (Lipinski definition) is 3. The zero-order valence-corrected chi connectivity index (χ0v) is 6.10. The molecule has 0 saturated carbocycles. The summed E-state index contributed by atoms with van der Waals surface area (Å²) in [7, 11) is 0. The van der Waals surface area contributed by atoms with Crippen molar-refractivity contribution in [1.82, 2.24) is 0 Å². The molecule has 0 aromatic heterocycles. The van der Waals surface area contributed by atoms with E-state index in [1.165, 1.54) is 24.3 Å². The van der Waals surface area contributed by atoms with Gasteiger partial charge >= 0.3 is 5.97 Å². The Morgan fingerprint density at radius 2 is 2.00 bits per heavy atom. The van der Waals surface area contributed by atoms with Crippen LogP contribution >= 0.6 is 0 Å². The average molecular weight is 169 g/mol. The summed E-state index contributed by atoms with van der Waals surface area (Å²) in [4.78, 5) is 10.3. The number of aliphatic hydroxyl groups is 1. The molecule has 1 atom stereocenters. The van der Waals surface area contributed by atoms with Gasteiger partial charge in [-0.25, -0.2) is 4.79 Å². The highest BCUT2D eigenvalue weighted by Gasteiger charge is 2.14. The molecule has 1 aromatic rings. The molecule has 1 unspecified atom stereocenters. The van der Waals surface area contributed by atoms with Crippen molar-refractivity contribution in [2.75, 3.05) is 0 Å². The molecule has 4 heteroatoms. The number of hydrogen-bond donors (Lipinski definition) is 3. The van der Waals surface area contributed by atoms with Gasteiger partial charge in [-0.3, -0.25) is 0 Å². The van der Waals surface area contributed by atoms with E-state index in [-0.39, 0.29) is 5.56 Å². The van der Waals surface area contributed by atoms with Crippen LogP contribution in [0.5, 0.6) is 5.75 Å². The van der Waals surface area contributed by atoms with Gasteiger partial charge in [-0.2, -0.15) is 0 Å². The van der Waals surface area contributed by atoms with Crippen molar-refractivity contribution in [2.45, 2.75) is 6.10 Å².